The van der Waals surface area contributed by atoms with Crippen molar-refractivity contribution in [1.82, 2.24) is 4.98 Å². The number of pyridine rings is 1. The maximum Gasteiger partial charge on any atom is 0.128 e. The van der Waals surface area contributed by atoms with Gasteiger partial charge in [0.25, 0.3) is 0 Å². The zero-order valence-corrected chi connectivity index (χ0v) is 11.5. The van der Waals surface area contributed by atoms with Gasteiger partial charge < -0.3 is 4.90 Å². The third-order valence-corrected chi connectivity index (χ3v) is 3.72. The summed E-state index contributed by atoms with van der Waals surface area (Å²) in [5.74, 6) is 2.03. The molecule has 1 fully saturated rings. The molecule has 2 heterocycles. The van der Waals surface area contributed by atoms with E-state index in [9.17, 15) is 0 Å². The Hall–Kier alpha value is -1.05. The lowest BCUT2D eigenvalue weighted by Crippen LogP contribution is -2.33. The van der Waals surface area contributed by atoms with Crippen LogP contribution in [0.4, 0.5) is 5.82 Å². The van der Waals surface area contributed by atoms with Gasteiger partial charge in [0.05, 0.1) is 0 Å². The van der Waals surface area contributed by atoms with Crippen LogP contribution in [0.1, 0.15) is 46.1 Å². The fourth-order valence-corrected chi connectivity index (χ4v) is 2.30. The topological polar surface area (TPSA) is 16.1 Å². The molecular weight excluding hydrogens is 208 g/mol. The Morgan fingerprint density at radius 3 is 2.47 bits per heavy atom. The molecule has 0 saturated carbocycles. The second-order valence-corrected chi connectivity index (χ2v) is 6.32. The van der Waals surface area contributed by atoms with Crippen LogP contribution in [0.15, 0.2) is 18.3 Å². The fraction of sp³-hybridized carbons (Fsp3) is 0.667. The van der Waals surface area contributed by atoms with Crippen molar-refractivity contribution in [3.05, 3.63) is 23.9 Å². The molecule has 2 heteroatoms. The van der Waals surface area contributed by atoms with Gasteiger partial charge in [0.15, 0.2) is 0 Å². The standard InChI is InChI=1S/C15H24N2/c1-12-6-9-17(10-7-12)14-11-13(5-8-16-14)15(2,3)4/h5,8,11-12H,6-7,9-10H2,1-4H3. The number of aromatic nitrogens is 1. The minimum atomic E-state index is 0.209. The predicted octanol–water partition coefficient (Wildman–Crippen LogP) is 3.62. The Labute approximate surface area is 105 Å². The van der Waals surface area contributed by atoms with Crippen LogP contribution < -0.4 is 4.90 Å². The average Bonchev–Trinajstić information content (AvgIpc) is 2.29. The van der Waals surface area contributed by atoms with Crippen molar-refractivity contribution < 1.29 is 0 Å². The summed E-state index contributed by atoms with van der Waals surface area (Å²) >= 11 is 0. The van der Waals surface area contributed by atoms with Gasteiger partial charge in [-0.15, -0.1) is 0 Å². The average molecular weight is 232 g/mol. The van der Waals surface area contributed by atoms with Crippen LogP contribution in [0.3, 0.4) is 0 Å². The summed E-state index contributed by atoms with van der Waals surface area (Å²) in [5.41, 5.74) is 1.59. The molecule has 94 valence electrons. The zero-order chi connectivity index (χ0) is 12.5. The van der Waals surface area contributed by atoms with Gasteiger partial charge in [0.2, 0.25) is 0 Å². The first-order valence-electron chi connectivity index (χ1n) is 6.68. The van der Waals surface area contributed by atoms with Crippen LogP contribution in [0.2, 0.25) is 0 Å². The molecular formula is C15H24N2. The number of rotatable bonds is 1. The lowest BCUT2D eigenvalue weighted by atomic mass is 9.87. The highest BCUT2D eigenvalue weighted by Gasteiger charge is 2.19. The van der Waals surface area contributed by atoms with Gasteiger partial charge >= 0.3 is 0 Å². The van der Waals surface area contributed by atoms with Gasteiger partial charge in [-0.05, 0) is 41.9 Å². The van der Waals surface area contributed by atoms with E-state index in [2.05, 4.69) is 49.7 Å². The van der Waals surface area contributed by atoms with Gasteiger partial charge in [-0.3, -0.25) is 0 Å². The Morgan fingerprint density at radius 2 is 1.88 bits per heavy atom. The first kappa shape index (κ1) is 12.4. The number of piperidine rings is 1. The highest BCUT2D eigenvalue weighted by atomic mass is 15.2. The van der Waals surface area contributed by atoms with Crippen LogP contribution in [-0.2, 0) is 5.41 Å². The molecule has 1 aromatic heterocycles. The van der Waals surface area contributed by atoms with E-state index in [0.717, 1.165) is 24.8 Å². The van der Waals surface area contributed by atoms with Crippen molar-refractivity contribution in [1.29, 1.82) is 0 Å². The normalized spacial score (nSPS) is 18.5. The monoisotopic (exact) mass is 232 g/mol. The van der Waals surface area contributed by atoms with Crippen LogP contribution in [-0.4, -0.2) is 18.1 Å². The minimum Gasteiger partial charge on any atom is -0.357 e. The molecule has 0 spiro atoms. The predicted molar refractivity (Wildman–Crippen MR) is 73.5 cm³/mol. The summed E-state index contributed by atoms with van der Waals surface area (Å²) < 4.78 is 0. The Bertz CT molecular complexity index is 371. The molecule has 0 N–H and O–H groups in total. The molecule has 1 aromatic rings. The Balaban J connectivity index is 2.16. The van der Waals surface area contributed by atoms with E-state index >= 15 is 0 Å². The smallest absolute Gasteiger partial charge is 0.128 e. The number of nitrogens with zero attached hydrogens (tertiary/aromatic N) is 2. The molecule has 0 atom stereocenters. The van der Waals surface area contributed by atoms with E-state index in [4.69, 9.17) is 0 Å². The van der Waals surface area contributed by atoms with Crippen molar-refractivity contribution in [3.63, 3.8) is 0 Å². The molecule has 0 bridgehead atoms. The number of anilines is 1. The van der Waals surface area contributed by atoms with Crippen LogP contribution in [0, 0.1) is 5.92 Å². The summed E-state index contributed by atoms with van der Waals surface area (Å²) in [7, 11) is 0. The van der Waals surface area contributed by atoms with E-state index in [-0.39, 0.29) is 5.41 Å². The molecule has 0 unspecified atom stereocenters. The number of hydrogen-bond donors (Lipinski definition) is 0. The summed E-state index contributed by atoms with van der Waals surface area (Å²) in [5, 5.41) is 0. The van der Waals surface area contributed by atoms with Gasteiger partial charge in [-0.2, -0.15) is 0 Å². The first-order chi connectivity index (χ1) is 7.97. The fourth-order valence-electron chi connectivity index (χ4n) is 2.30. The van der Waals surface area contributed by atoms with Crippen LogP contribution >= 0.6 is 0 Å². The lowest BCUT2D eigenvalue weighted by Gasteiger charge is -2.32. The highest BCUT2D eigenvalue weighted by molar-refractivity contribution is 5.43. The van der Waals surface area contributed by atoms with Crippen LogP contribution in [0.25, 0.3) is 0 Å². The second-order valence-electron chi connectivity index (χ2n) is 6.32. The molecule has 2 nitrogen and oxygen atoms in total. The summed E-state index contributed by atoms with van der Waals surface area (Å²) in [6.45, 7) is 11.4. The van der Waals surface area contributed by atoms with Crippen molar-refractivity contribution in [2.75, 3.05) is 18.0 Å². The zero-order valence-electron chi connectivity index (χ0n) is 11.5. The maximum atomic E-state index is 4.53. The molecule has 0 aliphatic carbocycles. The van der Waals surface area contributed by atoms with E-state index < -0.39 is 0 Å². The van der Waals surface area contributed by atoms with E-state index in [1.54, 1.807) is 0 Å². The molecule has 2 rings (SSSR count). The van der Waals surface area contributed by atoms with E-state index in [1.165, 1.54) is 18.4 Å². The summed E-state index contributed by atoms with van der Waals surface area (Å²) in [6.07, 6.45) is 4.54. The lowest BCUT2D eigenvalue weighted by molar-refractivity contribution is 0.436. The minimum absolute atomic E-state index is 0.209. The summed E-state index contributed by atoms with van der Waals surface area (Å²) in [6, 6.07) is 4.39. The van der Waals surface area contributed by atoms with Gasteiger partial charge in [-0.1, -0.05) is 27.7 Å². The third-order valence-electron chi connectivity index (χ3n) is 3.72. The Morgan fingerprint density at radius 1 is 1.24 bits per heavy atom. The SMILES string of the molecule is CC1CCN(c2cc(C(C)(C)C)ccn2)CC1. The van der Waals surface area contributed by atoms with Gasteiger partial charge in [-0.25, -0.2) is 4.98 Å². The molecule has 0 radical (unpaired) electrons. The quantitative estimate of drug-likeness (QED) is 0.735. The van der Waals surface area contributed by atoms with E-state index in [0.29, 0.717) is 0 Å². The molecule has 17 heavy (non-hydrogen) atoms. The van der Waals surface area contributed by atoms with Crippen molar-refractivity contribution in [3.8, 4) is 0 Å². The van der Waals surface area contributed by atoms with E-state index in [1.807, 2.05) is 6.20 Å². The van der Waals surface area contributed by atoms with Crippen molar-refractivity contribution >= 4 is 5.82 Å². The summed E-state index contributed by atoms with van der Waals surface area (Å²) in [4.78, 5) is 6.95. The highest BCUT2D eigenvalue weighted by Crippen LogP contribution is 2.27. The second kappa shape index (κ2) is 4.67. The van der Waals surface area contributed by atoms with Gasteiger partial charge in [0.1, 0.15) is 5.82 Å². The molecule has 0 amide bonds. The molecule has 1 aliphatic rings. The largest absolute Gasteiger partial charge is 0.357 e. The molecule has 1 aliphatic heterocycles. The first-order valence-corrected chi connectivity index (χ1v) is 6.68. The van der Waals surface area contributed by atoms with Crippen LogP contribution in [0.5, 0.6) is 0 Å². The van der Waals surface area contributed by atoms with Crippen molar-refractivity contribution in [2.24, 2.45) is 5.92 Å². The molecule has 0 aromatic carbocycles. The number of hydrogen-bond acceptors (Lipinski definition) is 2. The Kier molecular flexibility index (Phi) is 3.41. The van der Waals surface area contributed by atoms with Crippen molar-refractivity contribution in [2.45, 2.75) is 46.0 Å². The maximum absolute atomic E-state index is 4.53. The third kappa shape index (κ3) is 2.99. The van der Waals surface area contributed by atoms with Gasteiger partial charge in [0, 0.05) is 19.3 Å². The molecule has 1 saturated heterocycles.